The van der Waals surface area contributed by atoms with Crippen LogP contribution in [0.4, 0.5) is 0 Å². The Morgan fingerprint density at radius 1 is 1.25 bits per heavy atom. The second-order valence-corrected chi connectivity index (χ2v) is 6.69. The fraction of sp³-hybridized carbons (Fsp3) is 0.444. The maximum absolute atomic E-state index is 12.8. The van der Waals surface area contributed by atoms with Crippen molar-refractivity contribution in [3.63, 3.8) is 0 Å². The van der Waals surface area contributed by atoms with Crippen LogP contribution in [0.2, 0.25) is 5.02 Å². The quantitative estimate of drug-likeness (QED) is 0.840. The monoisotopic (exact) mass is 347 g/mol. The summed E-state index contributed by atoms with van der Waals surface area (Å²) in [5.41, 5.74) is 0.457. The average Bonchev–Trinajstić information content (AvgIpc) is 3.03. The van der Waals surface area contributed by atoms with Gasteiger partial charge < -0.3 is 9.64 Å². The molecule has 1 amide bonds. The van der Waals surface area contributed by atoms with E-state index >= 15 is 0 Å². The average molecular weight is 348 g/mol. The Hall–Kier alpha value is -2.01. The molecule has 1 saturated heterocycles. The summed E-state index contributed by atoms with van der Waals surface area (Å²) >= 11 is 6.06. The van der Waals surface area contributed by atoms with Gasteiger partial charge in [0.05, 0.1) is 5.02 Å². The summed E-state index contributed by atoms with van der Waals surface area (Å²) in [6.45, 7) is 4.41. The lowest BCUT2D eigenvalue weighted by atomic mass is 9.97. The third kappa shape index (κ3) is 3.56. The van der Waals surface area contributed by atoms with E-state index in [0.717, 1.165) is 12.8 Å². The molecule has 0 saturated carbocycles. The van der Waals surface area contributed by atoms with E-state index in [0.29, 0.717) is 16.5 Å². The van der Waals surface area contributed by atoms with E-state index < -0.39 is 0 Å². The number of ether oxygens (including phenoxy) is 1. The third-order valence-electron chi connectivity index (χ3n) is 4.48. The molecule has 5 nitrogen and oxygen atoms in total. The van der Waals surface area contributed by atoms with Crippen LogP contribution in [0.1, 0.15) is 43.6 Å². The van der Waals surface area contributed by atoms with Crippen LogP contribution in [0.3, 0.4) is 0 Å². The fourth-order valence-electron chi connectivity index (χ4n) is 3.20. The van der Waals surface area contributed by atoms with Crippen molar-refractivity contribution in [2.24, 2.45) is 0 Å². The van der Waals surface area contributed by atoms with Gasteiger partial charge in [0.15, 0.2) is 12.4 Å². The Morgan fingerprint density at radius 2 is 1.96 bits per heavy atom. The van der Waals surface area contributed by atoms with Crippen LogP contribution in [0, 0.1) is 0 Å². The molecule has 0 radical (unpaired) electrons. The first-order valence-electron chi connectivity index (χ1n) is 8.29. The third-order valence-corrected chi connectivity index (χ3v) is 4.79. The van der Waals surface area contributed by atoms with E-state index in [1.165, 1.54) is 6.42 Å². The number of hydrogen-bond donors (Lipinski definition) is 0. The first kappa shape index (κ1) is 16.8. The Balaban J connectivity index is 1.66. The number of piperidine rings is 1. The molecule has 3 rings (SSSR count). The van der Waals surface area contributed by atoms with Gasteiger partial charge in [0, 0.05) is 18.3 Å². The molecular formula is C18H22ClN3O2. The number of para-hydroxylation sites is 1. The molecule has 6 heteroatoms. The van der Waals surface area contributed by atoms with Crippen molar-refractivity contribution in [2.75, 3.05) is 0 Å². The molecule has 1 fully saturated rings. The zero-order valence-electron chi connectivity index (χ0n) is 14.0. The molecule has 2 heterocycles. The molecule has 1 aliphatic heterocycles. The van der Waals surface area contributed by atoms with Gasteiger partial charge in [0.1, 0.15) is 5.75 Å². The molecule has 1 aromatic heterocycles. The lowest BCUT2D eigenvalue weighted by Gasteiger charge is -2.38. The first-order chi connectivity index (χ1) is 11.6. The van der Waals surface area contributed by atoms with Crippen LogP contribution in [-0.4, -0.2) is 32.7 Å². The number of hydrogen-bond acceptors (Lipinski definition) is 3. The van der Waals surface area contributed by atoms with Crippen molar-refractivity contribution in [3.05, 3.63) is 47.2 Å². The molecule has 2 aromatic rings. The van der Waals surface area contributed by atoms with Gasteiger partial charge in [-0.25, -0.2) is 4.68 Å². The summed E-state index contributed by atoms with van der Waals surface area (Å²) in [4.78, 5) is 14.7. The van der Waals surface area contributed by atoms with E-state index in [1.54, 1.807) is 29.1 Å². The molecule has 0 spiro atoms. The van der Waals surface area contributed by atoms with Crippen molar-refractivity contribution >= 4 is 17.5 Å². The van der Waals surface area contributed by atoms with E-state index in [9.17, 15) is 4.79 Å². The van der Waals surface area contributed by atoms with Gasteiger partial charge in [-0.2, -0.15) is 5.10 Å². The van der Waals surface area contributed by atoms with Gasteiger partial charge in [0.2, 0.25) is 0 Å². The van der Waals surface area contributed by atoms with E-state index in [2.05, 4.69) is 18.9 Å². The minimum absolute atomic E-state index is 0.00815. The highest BCUT2D eigenvalue weighted by molar-refractivity contribution is 6.32. The predicted molar refractivity (Wildman–Crippen MR) is 93.3 cm³/mol. The van der Waals surface area contributed by atoms with E-state index in [4.69, 9.17) is 16.3 Å². The number of carbonyl (C=O) groups is 1. The largest absolute Gasteiger partial charge is 0.470 e. The lowest BCUT2D eigenvalue weighted by Crippen LogP contribution is -2.47. The maximum Gasteiger partial charge on any atom is 0.274 e. The van der Waals surface area contributed by atoms with Crippen molar-refractivity contribution in [1.29, 1.82) is 0 Å². The molecule has 0 bridgehead atoms. The minimum atomic E-state index is -0.00815. The van der Waals surface area contributed by atoms with Crippen LogP contribution < -0.4 is 4.74 Å². The predicted octanol–water partition coefficient (Wildman–Crippen LogP) is 3.98. The summed E-state index contributed by atoms with van der Waals surface area (Å²) < 4.78 is 7.25. The van der Waals surface area contributed by atoms with Gasteiger partial charge in [0.25, 0.3) is 5.91 Å². The Kier molecular flexibility index (Phi) is 5.09. The number of likely N-dealkylation sites (tertiary alicyclic amines) is 1. The summed E-state index contributed by atoms with van der Waals surface area (Å²) in [5, 5.41) is 4.91. The van der Waals surface area contributed by atoms with Crippen LogP contribution >= 0.6 is 11.6 Å². The molecular weight excluding hydrogens is 326 g/mol. The number of benzene rings is 1. The topological polar surface area (TPSA) is 47.4 Å². The highest BCUT2D eigenvalue weighted by atomic mass is 35.5. The van der Waals surface area contributed by atoms with Crippen molar-refractivity contribution < 1.29 is 9.53 Å². The number of rotatable bonds is 4. The minimum Gasteiger partial charge on any atom is -0.470 e. The zero-order valence-corrected chi connectivity index (χ0v) is 14.7. The van der Waals surface area contributed by atoms with E-state index in [1.807, 2.05) is 17.0 Å². The Labute approximate surface area is 147 Å². The molecule has 2 atom stereocenters. The Bertz CT molecular complexity index is 706. The second kappa shape index (κ2) is 7.26. The van der Waals surface area contributed by atoms with Gasteiger partial charge in [-0.3, -0.25) is 4.79 Å². The SMILES string of the molecule is C[C@@H]1CCC[C@H](C)N1C(=O)c1ccn(COc2ccccc2Cl)n1. The van der Waals surface area contributed by atoms with Gasteiger partial charge in [-0.05, 0) is 51.3 Å². The molecule has 1 aliphatic rings. The molecule has 0 unspecified atom stereocenters. The lowest BCUT2D eigenvalue weighted by molar-refractivity contribution is 0.0503. The number of aromatic nitrogens is 2. The number of nitrogens with zero attached hydrogens (tertiary/aromatic N) is 3. The normalized spacial score (nSPS) is 20.9. The van der Waals surface area contributed by atoms with Gasteiger partial charge in [-0.15, -0.1) is 0 Å². The molecule has 24 heavy (non-hydrogen) atoms. The van der Waals surface area contributed by atoms with Crippen LogP contribution in [0.25, 0.3) is 0 Å². The molecule has 128 valence electrons. The van der Waals surface area contributed by atoms with Crippen LogP contribution in [0.5, 0.6) is 5.75 Å². The second-order valence-electron chi connectivity index (χ2n) is 6.29. The maximum atomic E-state index is 12.8. The van der Waals surface area contributed by atoms with Crippen molar-refractivity contribution in [1.82, 2.24) is 14.7 Å². The Morgan fingerprint density at radius 3 is 2.67 bits per heavy atom. The standard InChI is InChI=1S/C18H22ClN3O2/c1-13-6-5-7-14(2)22(13)18(23)16-10-11-21(20-16)12-24-17-9-4-3-8-15(17)19/h3-4,8-11,13-14H,5-7,12H2,1-2H3/t13-,14+. The summed E-state index contributed by atoms with van der Waals surface area (Å²) in [5.74, 6) is 0.590. The fourth-order valence-corrected chi connectivity index (χ4v) is 3.39. The van der Waals surface area contributed by atoms with Crippen LogP contribution in [0.15, 0.2) is 36.5 Å². The number of amides is 1. The number of halogens is 1. The molecule has 0 N–H and O–H groups in total. The molecule has 1 aromatic carbocycles. The first-order valence-corrected chi connectivity index (χ1v) is 8.67. The van der Waals surface area contributed by atoms with Crippen molar-refractivity contribution in [2.45, 2.75) is 51.9 Å². The van der Waals surface area contributed by atoms with Gasteiger partial charge >= 0.3 is 0 Å². The highest BCUT2D eigenvalue weighted by Gasteiger charge is 2.30. The summed E-state index contributed by atoms with van der Waals surface area (Å²) in [6.07, 6.45) is 5.02. The smallest absolute Gasteiger partial charge is 0.274 e. The summed E-state index contributed by atoms with van der Waals surface area (Å²) in [6, 6.07) is 9.53. The number of carbonyl (C=O) groups excluding carboxylic acids is 1. The van der Waals surface area contributed by atoms with Crippen molar-refractivity contribution in [3.8, 4) is 5.75 Å². The molecule has 0 aliphatic carbocycles. The van der Waals surface area contributed by atoms with Crippen LogP contribution in [-0.2, 0) is 6.73 Å². The zero-order chi connectivity index (χ0) is 17.1. The summed E-state index contributed by atoms with van der Waals surface area (Å²) in [7, 11) is 0. The van der Waals surface area contributed by atoms with E-state index in [-0.39, 0.29) is 24.7 Å². The van der Waals surface area contributed by atoms with Gasteiger partial charge in [-0.1, -0.05) is 23.7 Å². The highest BCUT2D eigenvalue weighted by Crippen LogP contribution is 2.25.